The van der Waals surface area contributed by atoms with Gasteiger partial charge in [-0.15, -0.1) is 0 Å². The minimum atomic E-state index is -1.39. The Bertz CT molecular complexity index is 856. The molecule has 5 N–H and O–H groups in total. The molecule has 0 unspecified atom stereocenters. The molecule has 0 aliphatic rings. The normalized spacial score (nSPS) is 13.7. The summed E-state index contributed by atoms with van der Waals surface area (Å²) in [6.45, 7) is -0.646. The smallest absolute Gasteiger partial charge is 0.271 e. The number of benzene rings is 2. The number of aliphatic hydroxyl groups excluding tert-OH is 3. The number of carbonyl (C=O) groups excluding carboxylic acids is 2. The van der Waals surface area contributed by atoms with Gasteiger partial charge in [-0.2, -0.15) is 10.2 Å². The standard InChI is InChI=1S/C20H22N4O5/c25-13-18(27)17(26)11-16(22-24-20(29)15-9-5-2-6-10-15)12-21-23-19(28)14-7-3-1-4-8-14/h1-10,12,17-18,25-27H,11,13H2,(H,23,28)(H,24,29)/b21-12+,22-16-/t17-,18-/m1/s1. The second-order valence-electron chi connectivity index (χ2n) is 6.00. The molecule has 9 nitrogen and oxygen atoms in total. The Kier molecular flexibility index (Phi) is 8.64. The lowest BCUT2D eigenvalue weighted by Crippen LogP contribution is -2.33. The second-order valence-corrected chi connectivity index (χ2v) is 6.00. The van der Waals surface area contributed by atoms with Crippen LogP contribution < -0.4 is 10.9 Å². The number of nitrogens with zero attached hydrogens (tertiary/aromatic N) is 2. The molecule has 0 heterocycles. The Morgan fingerprint density at radius 2 is 1.38 bits per heavy atom. The second kappa shape index (κ2) is 11.4. The average Bonchev–Trinajstić information content (AvgIpc) is 2.77. The average molecular weight is 398 g/mol. The van der Waals surface area contributed by atoms with Crippen LogP contribution in [0.4, 0.5) is 0 Å². The molecule has 2 aromatic rings. The SMILES string of the molecule is O=C(N/N=C(\C=N\NC(=O)c1ccccc1)C[C@@H](O)[C@H](O)CO)c1ccccc1. The van der Waals surface area contributed by atoms with E-state index in [-0.39, 0.29) is 12.1 Å². The van der Waals surface area contributed by atoms with E-state index in [0.29, 0.717) is 11.1 Å². The fraction of sp³-hybridized carbons (Fsp3) is 0.200. The van der Waals surface area contributed by atoms with Crippen molar-refractivity contribution < 1.29 is 24.9 Å². The van der Waals surface area contributed by atoms with Gasteiger partial charge in [0.15, 0.2) is 0 Å². The minimum Gasteiger partial charge on any atom is -0.394 e. The molecule has 0 bridgehead atoms. The van der Waals surface area contributed by atoms with Crippen molar-refractivity contribution in [2.45, 2.75) is 18.6 Å². The Balaban J connectivity index is 2.07. The van der Waals surface area contributed by atoms with E-state index in [1.54, 1.807) is 60.7 Å². The van der Waals surface area contributed by atoms with Gasteiger partial charge in [0.1, 0.15) is 6.10 Å². The third kappa shape index (κ3) is 7.26. The molecule has 2 atom stereocenters. The van der Waals surface area contributed by atoms with Crippen LogP contribution in [0.25, 0.3) is 0 Å². The van der Waals surface area contributed by atoms with Gasteiger partial charge in [-0.3, -0.25) is 9.59 Å². The summed E-state index contributed by atoms with van der Waals surface area (Å²) in [6.07, 6.45) is -1.82. The molecular formula is C20H22N4O5. The van der Waals surface area contributed by atoms with E-state index in [1.807, 2.05) is 0 Å². The quantitative estimate of drug-likeness (QED) is 0.305. The van der Waals surface area contributed by atoms with Crippen molar-refractivity contribution in [2.75, 3.05) is 6.61 Å². The van der Waals surface area contributed by atoms with Crippen LogP contribution in [-0.2, 0) is 0 Å². The van der Waals surface area contributed by atoms with Crippen molar-refractivity contribution in [1.29, 1.82) is 0 Å². The van der Waals surface area contributed by atoms with Crippen LogP contribution >= 0.6 is 0 Å². The number of amides is 2. The highest BCUT2D eigenvalue weighted by Crippen LogP contribution is 2.02. The van der Waals surface area contributed by atoms with Crippen molar-refractivity contribution in [3.05, 3.63) is 71.8 Å². The Labute approximate surface area is 167 Å². The lowest BCUT2D eigenvalue weighted by molar-refractivity contribution is -0.00975. The number of hydrogen-bond acceptors (Lipinski definition) is 7. The summed E-state index contributed by atoms with van der Waals surface area (Å²) in [5.74, 6) is -0.938. The van der Waals surface area contributed by atoms with E-state index in [0.717, 1.165) is 6.21 Å². The molecule has 0 saturated heterocycles. The lowest BCUT2D eigenvalue weighted by Gasteiger charge is -2.15. The summed E-state index contributed by atoms with van der Waals surface area (Å²) in [7, 11) is 0. The van der Waals surface area contributed by atoms with Gasteiger partial charge in [-0.05, 0) is 24.3 Å². The van der Waals surface area contributed by atoms with Crippen molar-refractivity contribution in [3.63, 3.8) is 0 Å². The van der Waals surface area contributed by atoms with Gasteiger partial charge in [0, 0.05) is 17.5 Å². The zero-order chi connectivity index (χ0) is 21.1. The maximum Gasteiger partial charge on any atom is 0.271 e. The predicted octanol–water partition coefficient (Wildman–Crippen LogP) is 0.292. The molecule has 0 radical (unpaired) electrons. The monoisotopic (exact) mass is 398 g/mol. The maximum atomic E-state index is 12.1. The largest absolute Gasteiger partial charge is 0.394 e. The van der Waals surface area contributed by atoms with Crippen LogP contribution in [-0.4, -0.2) is 57.9 Å². The van der Waals surface area contributed by atoms with E-state index >= 15 is 0 Å². The summed E-state index contributed by atoms with van der Waals surface area (Å²) in [6, 6.07) is 16.8. The van der Waals surface area contributed by atoms with Gasteiger partial charge in [-0.25, -0.2) is 10.9 Å². The van der Waals surface area contributed by atoms with Crippen molar-refractivity contribution in [2.24, 2.45) is 10.2 Å². The molecular weight excluding hydrogens is 376 g/mol. The van der Waals surface area contributed by atoms with E-state index in [1.165, 1.54) is 0 Å². The Hall–Kier alpha value is -3.40. The maximum absolute atomic E-state index is 12.1. The Morgan fingerprint density at radius 1 is 0.862 bits per heavy atom. The van der Waals surface area contributed by atoms with Crippen LogP contribution in [0.3, 0.4) is 0 Å². The molecule has 9 heteroatoms. The van der Waals surface area contributed by atoms with E-state index < -0.39 is 30.6 Å². The highest BCUT2D eigenvalue weighted by atomic mass is 16.4. The molecule has 2 aromatic carbocycles. The van der Waals surface area contributed by atoms with E-state index in [4.69, 9.17) is 5.11 Å². The summed E-state index contributed by atoms with van der Waals surface area (Å²) < 4.78 is 0. The Morgan fingerprint density at radius 3 is 1.90 bits per heavy atom. The van der Waals surface area contributed by atoms with Crippen LogP contribution in [0.1, 0.15) is 27.1 Å². The van der Waals surface area contributed by atoms with Crippen LogP contribution in [0.15, 0.2) is 70.9 Å². The number of hydrogen-bond donors (Lipinski definition) is 5. The van der Waals surface area contributed by atoms with E-state index in [2.05, 4.69) is 21.1 Å². The van der Waals surface area contributed by atoms with Crippen molar-refractivity contribution in [1.82, 2.24) is 10.9 Å². The van der Waals surface area contributed by atoms with Crippen molar-refractivity contribution in [3.8, 4) is 0 Å². The first-order valence-electron chi connectivity index (χ1n) is 8.78. The molecule has 0 saturated carbocycles. The van der Waals surface area contributed by atoms with Crippen LogP contribution in [0.2, 0.25) is 0 Å². The van der Waals surface area contributed by atoms with Crippen molar-refractivity contribution >= 4 is 23.7 Å². The number of nitrogens with one attached hydrogen (secondary N) is 2. The summed E-state index contributed by atoms with van der Waals surface area (Å²) >= 11 is 0. The van der Waals surface area contributed by atoms with Gasteiger partial charge in [-0.1, -0.05) is 36.4 Å². The number of aliphatic hydroxyl groups is 3. The molecule has 29 heavy (non-hydrogen) atoms. The first-order valence-corrected chi connectivity index (χ1v) is 8.78. The summed E-state index contributed by atoms with van der Waals surface area (Å²) in [5.41, 5.74) is 5.48. The highest BCUT2D eigenvalue weighted by Gasteiger charge is 2.17. The topological polar surface area (TPSA) is 144 Å². The van der Waals surface area contributed by atoms with E-state index in [9.17, 15) is 19.8 Å². The summed E-state index contributed by atoms with van der Waals surface area (Å²) in [4.78, 5) is 24.1. The molecule has 2 rings (SSSR count). The first-order chi connectivity index (χ1) is 14.0. The lowest BCUT2D eigenvalue weighted by atomic mass is 10.1. The van der Waals surface area contributed by atoms with Crippen LogP contribution in [0, 0.1) is 0 Å². The number of hydrazone groups is 2. The zero-order valence-corrected chi connectivity index (χ0v) is 15.5. The van der Waals surface area contributed by atoms with Gasteiger partial charge in [0.2, 0.25) is 0 Å². The van der Waals surface area contributed by atoms with Gasteiger partial charge in [0.05, 0.1) is 24.6 Å². The highest BCUT2D eigenvalue weighted by molar-refractivity contribution is 6.31. The molecule has 0 aliphatic heterocycles. The first kappa shape index (κ1) is 21.9. The number of rotatable bonds is 9. The number of carbonyl (C=O) groups is 2. The molecule has 2 amide bonds. The fourth-order valence-electron chi connectivity index (χ4n) is 2.20. The van der Waals surface area contributed by atoms with Gasteiger partial charge < -0.3 is 15.3 Å². The summed E-state index contributed by atoms with van der Waals surface area (Å²) in [5, 5.41) is 36.1. The molecule has 0 spiro atoms. The fourth-order valence-corrected chi connectivity index (χ4v) is 2.20. The van der Waals surface area contributed by atoms with Gasteiger partial charge >= 0.3 is 0 Å². The third-order valence-corrected chi connectivity index (χ3v) is 3.80. The van der Waals surface area contributed by atoms with Gasteiger partial charge in [0.25, 0.3) is 11.8 Å². The molecule has 152 valence electrons. The van der Waals surface area contributed by atoms with Crippen LogP contribution in [0.5, 0.6) is 0 Å². The zero-order valence-electron chi connectivity index (χ0n) is 15.5. The third-order valence-electron chi connectivity index (χ3n) is 3.80. The molecule has 0 aliphatic carbocycles. The minimum absolute atomic E-state index is 0.0719. The predicted molar refractivity (Wildman–Crippen MR) is 107 cm³/mol. The molecule has 0 fully saturated rings. The molecule has 0 aromatic heterocycles.